The standard InChI is InChI=1S/C22H35NO5Si/c1-14(28-29(7,8)22(2,3)4)16-17(20(24)26-5)18(15-12-10-9-11-13-15)23-19(16)21(25)27-6/h9-14,16-19,23H,1-8H3/t14-,16+,17+,18+,19+/m0/s1. The van der Waals surface area contributed by atoms with E-state index in [2.05, 4.69) is 39.2 Å². The molecule has 2 rings (SSSR count). The summed E-state index contributed by atoms with van der Waals surface area (Å²) in [6, 6.07) is 8.64. The predicted octanol–water partition coefficient (Wildman–Crippen LogP) is 3.69. The third kappa shape index (κ3) is 4.90. The molecule has 6 nitrogen and oxygen atoms in total. The highest BCUT2D eigenvalue weighted by Gasteiger charge is 2.54. The van der Waals surface area contributed by atoms with Crippen LogP contribution in [0.2, 0.25) is 18.1 Å². The number of rotatable bonds is 6. The molecule has 0 bridgehead atoms. The lowest BCUT2D eigenvalue weighted by Crippen LogP contribution is -2.50. The molecule has 162 valence electrons. The summed E-state index contributed by atoms with van der Waals surface area (Å²) in [6.07, 6.45) is -0.328. The largest absolute Gasteiger partial charge is 0.469 e. The van der Waals surface area contributed by atoms with Gasteiger partial charge in [-0.05, 0) is 30.6 Å². The predicted molar refractivity (Wildman–Crippen MR) is 115 cm³/mol. The van der Waals surface area contributed by atoms with Crippen LogP contribution in [0.15, 0.2) is 30.3 Å². The van der Waals surface area contributed by atoms with Crippen LogP contribution in [0.5, 0.6) is 0 Å². The van der Waals surface area contributed by atoms with E-state index in [9.17, 15) is 9.59 Å². The number of esters is 2. The van der Waals surface area contributed by atoms with E-state index in [4.69, 9.17) is 13.9 Å². The number of carbonyl (C=O) groups is 2. The molecule has 1 aliphatic rings. The van der Waals surface area contributed by atoms with Crippen LogP contribution in [0.4, 0.5) is 0 Å². The number of benzene rings is 1. The van der Waals surface area contributed by atoms with Gasteiger partial charge in [0.2, 0.25) is 0 Å². The number of nitrogens with one attached hydrogen (secondary N) is 1. The first-order chi connectivity index (χ1) is 13.4. The molecule has 1 aromatic rings. The van der Waals surface area contributed by atoms with E-state index in [-0.39, 0.29) is 23.2 Å². The van der Waals surface area contributed by atoms with Gasteiger partial charge >= 0.3 is 11.9 Å². The van der Waals surface area contributed by atoms with E-state index in [1.165, 1.54) is 14.2 Å². The maximum Gasteiger partial charge on any atom is 0.323 e. The summed E-state index contributed by atoms with van der Waals surface area (Å²) in [5.74, 6) is -1.72. The van der Waals surface area contributed by atoms with Gasteiger partial charge in [0.1, 0.15) is 6.04 Å². The lowest BCUT2D eigenvalue weighted by molar-refractivity contribution is -0.150. The Hall–Kier alpha value is -1.70. The van der Waals surface area contributed by atoms with Gasteiger partial charge < -0.3 is 13.9 Å². The number of methoxy groups -OCH3 is 2. The van der Waals surface area contributed by atoms with E-state index in [1.807, 2.05) is 37.3 Å². The molecule has 7 heteroatoms. The fraction of sp³-hybridized carbons (Fsp3) is 0.636. The van der Waals surface area contributed by atoms with Crippen molar-refractivity contribution >= 4 is 20.3 Å². The summed E-state index contributed by atoms with van der Waals surface area (Å²) >= 11 is 0. The van der Waals surface area contributed by atoms with Crippen LogP contribution in [-0.4, -0.2) is 46.6 Å². The number of hydrogen-bond acceptors (Lipinski definition) is 6. The molecule has 0 radical (unpaired) electrons. The van der Waals surface area contributed by atoms with E-state index >= 15 is 0 Å². The SMILES string of the molecule is COC(=O)[C@@H]1[C@@H]([C@H](C)O[Si](C)(C)C(C)(C)C)[C@H](C(=O)OC)N[C@@H]1c1ccccc1. The fourth-order valence-corrected chi connectivity index (χ4v) is 5.31. The van der Waals surface area contributed by atoms with Crippen LogP contribution in [0.25, 0.3) is 0 Å². The average Bonchev–Trinajstić information content (AvgIpc) is 3.07. The topological polar surface area (TPSA) is 73.9 Å². The van der Waals surface area contributed by atoms with E-state index in [1.54, 1.807) is 0 Å². The van der Waals surface area contributed by atoms with E-state index in [0.717, 1.165) is 5.56 Å². The van der Waals surface area contributed by atoms with E-state index < -0.39 is 32.2 Å². The number of hydrogen-bond donors (Lipinski definition) is 1. The van der Waals surface area contributed by atoms with Crippen LogP contribution < -0.4 is 5.32 Å². The van der Waals surface area contributed by atoms with Gasteiger partial charge in [-0.25, -0.2) is 0 Å². The van der Waals surface area contributed by atoms with Crippen molar-refractivity contribution in [2.45, 2.75) is 64.0 Å². The molecule has 0 unspecified atom stereocenters. The molecule has 0 saturated carbocycles. The highest BCUT2D eigenvalue weighted by Crippen LogP contribution is 2.44. The zero-order chi connectivity index (χ0) is 22.0. The smallest absolute Gasteiger partial charge is 0.323 e. The summed E-state index contributed by atoms with van der Waals surface area (Å²) in [7, 11) is 0.628. The van der Waals surface area contributed by atoms with Crippen LogP contribution in [-0.2, 0) is 23.5 Å². The van der Waals surface area contributed by atoms with Crippen LogP contribution in [0.3, 0.4) is 0 Å². The van der Waals surface area contributed by atoms with Crippen molar-refractivity contribution in [3.05, 3.63) is 35.9 Å². The third-order valence-electron chi connectivity index (χ3n) is 6.43. The summed E-state index contributed by atoms with van der Waals surface area (Å²) in [6.45, 7) is 12.8. The molecule has 1 saturated heterocycles. The molecule has 1 heterocycles. The molecule has 29 heavy (non-hydrogen) atoms. The molecule has 0 amide bonds. The maximum absolute atomic E-state index is 12.9. The highest BCUT2D eigenvalue weighted by atomic mass is 28.4. The average molecular weight is 422 g/mol. The van der Waals surface area contributed by atoms with Crippen molar-refractivity contribution in [1.29, 1.82) is 0 Å². The summed E-state index contributed by atoms with van der Waals surface area (Å²) < 4.78 is 16.8. The minimum absolute atomic E-state index is 0.00759. The second-order valence-corrected chi connectivity index (χ2v) is 14.0. The lowest BCUT2D eigenvalue weighted by atomic mass is 9.81. The normalized spacial score (nSPS) is 26.1. The first-order valence-electron chi connectivity index (χ1n) is 10.1. The van der Waals surface area contributed by atoms with Crippen LogP contribution >= 0.6 is 0 Å². The van der Waals surface area contributed by atoms with Gasteiger partial charge in [-0.3, -0.25) is 14.9 Å². The van der Waals surface area contributed by atoms with Crippen LogP contribution in [0.1, 0.15) is 39.3 Å². The monoisotopic (exact) mass is 421 g/mol. The Morgan fingerprint density at radius 3 is 2.07 bits per heavy atom. The molecular weight excluding hydrogens is 386 g/mol. The number of carbonyl (C=O) groups excluding carboxylic acids is 2. The fourth-order valence-electron chi connectivity index (χ4n) is 3.87. The zero-order valence-electron chi connectivity index (χ0n) is 18.8. The lowest BCUT2D eigenvalue weighted by Gasteiger charge is -2.41. The molecule has 1 N–H and O–H groups in total. The van der Waals surface area contributed by atoms with Crippen molar-refractivity contribution < 1.29 is 23.5 Å². The summed E-state index contributed by atoms with van der Waals surface area (Å²) in [5.41, 5.74) is 0.929. The van der Waals surface area contributed by atoms with Gasteiger partial charge in [-0.1, -0.05) is 51.1 Å². The van der Waals surface area contributed by atoms with Gasteiger partial charge in [-0.2, -0.15) is 0 Å². The third-order valence-corrected chi connectivity index (χ3v) is 11.0. The Labute approximate surface area is 175 Å². The van der Waals surface area contributed by atoms with Crippen molar-refractivity contribution in [3.8, 4) is 0 Å². The molecule has 1 fully saturated rings. The van der Waals surface area contributed by atoms with Gasteiger partial charge in [0.15, 0.2) is 8.32 Å². The van der Waals surface area contributed by atoms with Crippen molar-refractivity contribution in [3.63, 3.8) is 0 Å². The summed E-state index contributed by atoms with van der Waals surface area (Å²) in [4.78, 5) is 25.5. The minimum atomic E-state index is -2.12. The van der Waals surface area contributed by atoms with Crippen molar-refractivity contribution in [2.75, 3.05) is 14.2 Å². The molecule has 1 aromatic carbocycles. The Morgan fingerprint density at radius 1 is 1.03 bits per heavy atom. The molecule has 0 aromatic heterocycles. The molecular formula is C22H35NO5Si. The molecule has 5 atom stereocenters. The van der Waals surface area contributed by atoms with E-state index in [0.29, 0.717) is 0 Å². The van der Waals surface area contributed by atoms with Gasteiger partial charge in [0, 0.05) is 18.1 Å². The summed E-state index contributed by atoms with van der Waals surface area (Å²) in [5, 5.41) is 3.35. The zero-order valence-corrected chi connectivity index (χ0v) is 19.8. The molecule has 1 aliphatic heterocycles. The first-order valence-corrected chi connectivity index (χ1v) is 13.0. The second-order valence-electron chi connectivity index (χ2n) is 9.27. The highest BCUT2D eigenvalue weighted by molar-refractivity contribution is 6.74. The second kappa shape index (κ2) is 8.98. The van der Waals surface area contributed by atoms with Crippen molar-refractivity contribution in [1.82, 2.24) is 5.32 Å². The van der Waals surface area contributed by atoms with Gasteiger partial charge in [-0.15, -0.1) is 0 Å². The number of ether oxygens (including phenoxy) is 2. The van der Waals surface area contributed by atoms with Crippen molar-refractivity contribution in [2.24, 2.45) is 11.8 Å². The molecule has 0 aliphatic carbocycles. The van der Waals surface area contributed by atoms with Crippen LogP contribution in [0, 0.1) is 11.8 Å². The van der Waals surface area contributed by atoms with Gasteiger partial charge in [0.05, 0.1) is 20.1 Å². The Kier molecular flexibility index (Phi) is 7.30. The Bertz CT molecular complexity index is 716. The Morgan fingerprint density at radius 2 is 1.59 bits per heavy atom. The maximum atomic E-state index is 12.9. The molecule has 0 spiro atoms. The van der Waals surface area contributed by atoms with Gasteiger partial charge in [0.25, 0.3) is 0 Å². The quantitative estimate of drug-likeness (QED) is 0.558. The minimum Gasteiger partial charge on any atom is -0.469 e. The first kappa shape index (κ1) is 23.6. The Balaban J connectivity index is 2.47.